The smallest absolute Gasteiger partial charge is 0.369 e. The number of nitrogens with one attached hydrogen (secondary N) is 2. The van der Waals surface area contributed by atoms with Crippen molar-refractivity contribution in [2.75, 3.05) is 29.0 Å². The maximum atomic E-state index is 13.0. The molecule has 0 aliphatic carbocycles. The molecule has 2 aromatic rings. The van der Waals surface area contributed by atoms with E-state index >= 15 is 0 Å². The van der Waals surface area contributed by atoms with Gasteiger partial charge in [-0.25, -0.2) is 0 Å². The summed E-state index contributed by atoms with van der Waals surface area (Å²) < 4.78 is 39.1. The molecule has 0 saturated carbocycles. The molecular formula is C15H12F3N7O2. The van der Waals surface area contributed by atoms with Gasteiger partial charge in [-0.2, -0.15) is 18.2 Å². The van der Waals surface area contributed by atoms with Crippen LogP contribution in [0.15, 0.2) is 39.3 Å². The molecule has 9 nitrogen and oxygen atoms in total. The average molecular weight is 379 g/mol. The number of rotatable bonds is 2. The van der Waals surface area contributed by atoms with Crippen LogP contribution in [0.1, 0.15) is 15.9 Å². The molecule has 0 radical (unpaired) electrons. The van der Waals surface area contributed by atoms with Gasteiger partial charge in [0.15, 0.2) is 11.5 Å². The molecule has 140 valence electrons. The Morgan fingerprint density at radius 1 is 1.22 bits per heavy atom. The van der Waals surface area contributed by atoms with Crippen molar-refractivity contribution < 1.29 is 18.0 Å². The Morgan fingerprint density at radius 3 is 2.48 bits per heavy atom. The molecule has 0 unspecified atom stereocenters. The zero-order valence-corrected chi connectivity index (χ0v) is 13.5. The standard InChI is InChI=1S/C15H12F3N7O2/c16-15(17,18)14(23-24-14)8-3-1-7(2-4-8)12(27)25-6-5-20-10-9(25)11(26)22-13(19)21-10/h1-4H,5-6H2,(H4,19,20,21,22,26). The van der Waals surface area contributed by atoms with Gasteiger partial charge in [-0.15, -0.1) is 10.2 Å². The SMILES string of the molecule is Nc1nc2c(c(=O)[nH]1)N(C(=O)c1ccc(C3(C(F)(F)F)N=N3)cc1)CCN2. The third kappa shape index (κ3) is 2.60. The number of halogens is 3. The van der Waals surface area contributed by atoms with Gasteiger partial charge in [0.25, 0.3) is 11.5 Å². The Kier molecular flexibility index (Phi) is 3.48. The van der Waals surface area contributed by atoms with E-state index in [4.69, 9.17) is 5.73 Å². The zero-order chi connectivity index (χ0) is 19.4. The number of nitrogens with zero attached hydrogens (tertiary/aromatic N) is 4. The Labute approximate surface area is 149 Å². The van der Waals surface area contributed by atoms with Crippen molar-refractivity contribution in [3.05, 3.63) is 45.7 Å². The largest absolute Gasteiger partial charge is 0.442 e. The van der Waals surface area contributed by atoms with Crippen LogP contribution in [-0.4, -0.2) is 35.1 Å². The fraction of sp³-hybridized carbons (Fsp3) is 0.267. The molecule has 0 spiro atoms. The summed E-state index contributed by atoms with van der Waals surface area (Å²) in [5.74, 6) is -0.481. The first kappa shape index (κ1) is 17.0. The molecule has 12 heteroatoms. The highest BCUT2D eigenvalue weighted by atomic mass is 19.4. The minimum absolute atomic E-state index is 0.00322. The summed E-state index contributed by atoms with van der Waals surface area (Å²) in [5.41, 5.74) is 2.29. The maximum absolute atomic E-state index is 13.0. The number of fused-ring (bicyclic) bond motifs is 1. The number of aromatic amines is 1. The van der Waals surface area contributed by atoms with Gasteiger partial charge in [0.2, 0.25) is 5.95 Å². The summed E-state index contributed by atoms with van der Waals surface area (Å²) in [4.78, 5) is 32.4. The van der Waals surface area contributed by atoms with Crippen LogP contribution in [0.5, 0.6) is 0 Å². The maximum Gasteiger partial charge on any atom is 0.442 e. The summed E-state index contributed by atoms with van der Waals surface area (Å²) in [5, 5.41) is 9.12. The van der Waals surface area contributed by atoms with E-state index in [9.17, 15) is 22.8 Å². The number of carbonyl (C=O) groups is 1. The number of nitrogen functional groups attached to an aromatic ring is 1. The van der Waals surface area contributed by atoms with Crippen molar-refractivity contribution in [1.29, 1.82) is 0 Å². The molecule has 2 aliphatic rings. The number of amides is 1. The molecule has 2 aliphatic heterocycles. The third-order valence-electron chi connectivity index (χ3n) is 4.29. The molecule has 0 saturated heterocycles. The highest BCUT2D eigenvalue weighted by molar-refractivity contribution is 6.07. The molecule has 27 heavy (non-hydrogen) atoms. The van der Waals surface area contributed by atoms with Gasteiger partial charge in [-0.3, -0.25) is 19.5 Å². The predicted molar refractivity (Wildman–Crippen MR) is 88.5 cm³/mol. The monoisotopic (exact) mass is 379 g/mol. The van der Waals surface area contributed by atoms with E-state index in [-0.39, 0.29) is 35.1 Å². The lowest BCUT2D eigenvalue weighted by Gasteiger charge is -2.28. The highest BCUT2D eigenvalue weighted by Gasteiger charge is 2.65. The Balaban J connectivity index is 1.65. The number of hydrogen-bond acceptors (Lipinski definition) is 7. The highest BCUT2D eigenvalue weighted by Crippen LogP contribution is 2.52. The van der Waals surface area contributed by atoms with E-state index in [0.29, 0.717) is 6.54 Å². The topological polar surface area (TPSA) is 129 Å². The number of anilines is 3. The molecule has 3 heterocycles. The number of hydrogen-bond donors (Lipinski definition) is 3. The number of H-pyrrole nitrogens is 1. The first-order valence-corrected chi connectivity index (χ1v) is 7.80. The lowest BCUT2D eigenvalue weighted by Crippen LogP contribution is -2.43. The van der Waals surface area contributed by atoms with Gasteiger partial charge >= 0.3 is 11.8 Å². The van der Waals surface area contributed by atoms with Crippen molar-refractivity contribution >= 4 is 23.4 Å². The van der Waals surface area contributed by atoms with E-state index in [1.54, 1.807) is 0 Å². The Morgan fingerprint density at radius 2 is 1.89 bits per heavy atom. The van der Waals surface area contributed by atoms with Crippen LogP contribution in [0.2, 0.25) is 0 Å². The molecule has 4 N–H and O–H groups in total. The van der Waals surface area contributed by atoms with E-state index in [1.165, 1.54) is 17.0 Å². The Bertz CT molecular complexity index is 1010. The summed E-state index contributed by atoms with van der Waals surface area (Å²) >= 11 is 0. The number of aromatic nitrogens is 2. The molecule has 1 aromatic carbocycles. The van der Waals surface area contributed by atoms with Gasteiger partial charge in [0.05, 0.1) is 0 Å². The summed E-state index contributed by atoms with van der Waals surface area (Å²) in [6, 6.07) is 4.79. The van der Waals surface area contributed by atoms with E-state index < -0.39 is 23.3 Å². The molecule has 4 rings (SSSR count). The van der Waals surface area contributed by atoms with Gasteiger partial charge in [-0.05, 0) is 12.1 Å². The molecule has 1 aromatic heterocycles. The van der Waals surface area contributed by atoms with Crippen LogP contribution in [0.4, 0.5) is 30.6 Å². The first-order valence-electron chi connectivity index (χ1n) is 7.80. The molecule has 0 bridgehead atoms. The minimum Gasteiger partial charge on any atom is -0.369 e. The van der Waals surface area contributed by atoms with Gasteiger partial charge < -0.3 is 11.1 Å². The van der Waals surface area contributed by atoms with E-state index in [2.05, 4.69) is 25.5 Å². The molecule has 1 amide bonds. The van der Waals surface area contributed by atoms with Crippen LogP contribution in [0.3, 0.4) is 0 Å². The summed E-state index contributed by atoms with van der Waals surface area (Å²) in [6.07, 6.45) is -4.64. The van der Waals surface area contributed by atoms with Crippen molar-refractivity contribution in [3.8, 4) is 0 Å². The third-order valence-corrected chi connectivity index (χ3v) is 4.29. The average Bonchev–Trinajstić information content (AvgIpc) is 3.42. The van der Waals surface area contributed by atoms with Crippen LogP contribution in [-0.2, 0) is 5.66 Å². The number of benzene rings is 1. The predicted octanol–water partition coefficient (Wildman–Crippen LogP) is 1.61. The van der Waals surface area contributed by atoms with Crippen LogP contribution < -0.4 is 21.5 Å². The van der Waals surface area contributed by atoms with Crippen LogP contribution in [0, 0.1) is 0 Å². The van der Waals surface area contributed by atoms with E-state index in [0.717, 1.165) is 12.1 Å². The van der Waals surface area contributed by atoms with Gasteiger partial charge in [-0.1, -0.05) is 12.1 Å². The Hall–Kier alpha value is -3.44. The summed E-state index contributed by atoms with van der Waals surface area (Å²) in [7, 11) is 0. The number of alkyl halides is 3. The molecular weight excluding hydrogens is 367 g/mol. The van der Waals surface area contributed by atoms with Crippen molar-refractivity contribution in [2.24, 2.45) is 10.2 Å². The number of carbonyl (C=O) groups excluding carboxylic acids is 1. The van der Waals surface area contributed by atoms with Crippen molar-refractivity contribution in [2.45, 2.75) is 11.8 Å². The second kappa shape index (κ2) is 5.53. The van der Waals surface area contributed by atoms with Gasteiger partial charge in [0.1, 0.15) is 0 Å². The molecule has 0 atom stereocenters. The van der Waals surface area contributed by atoms with Crippen molar-refractivity contribution in [3.63, 3.8) is 0 Å². The second-order valence-corrected chi connectivity index (χ2v) is 5.98. The zero-order valence-electron chi connectivity index (χ0n) is 13.5. The van der Waals surface area contributed by atoms with E-state index in [1.807, 2.05) is 0 Å². The molecule has 0 fully saturated rings. The lowest BCUT2D eigenvalue weighted by molar-refractivity contribution is -0.166. The van der Waals surface area contributed by atoms with Crippen LogP contribution >= 0.6 is 0 Å². The van der Waals surface area contributed by atoms with Gasteiger partial charge in [0, 0.05) is 24.2 Å². The first-order chi connectivity index (χ1) is 12.7. The lowest BCUT2D eigenvalue weighted by atomic mass is 10.0. The summed E-state index contributed by atoms with van der Waals surface area (Å²) in [6.45, 7) is 0.515. The van der Waals surface area contributed by atoms with Crippen molar-refractivity contribution in [1.82, 2.24) is 9.97 Å². The second-order valence-electron chi connectivity index (χ2n) is 5.98. The fourth-order valence-electron chi connectivity index (χ4n) is 2.90. The number of nitrogens with two attached hydrogens (primary N) is 1. The fourth-order valence-corrected chi connectivity index (χ4v) is 2.90. The normalized spacial score (nSPS) is 17.2. The quantitative estimate of drug-likeness (QED) is 0.730. The van der Waals surface area contributed by atoms with Crippen LogP contribution in [0.25, 0.3) is 0 Å². The minimum atomic E-state index is -4.64.